The summed E-state index contributed by atoms with van der Waals surface area (Å²) in [6.45, 7) is 0.566. The molecule has 0 saturated carbocycles. The summed E-state index contributed by atoms with van der Waals surface area (Å²) in [6.07, 6.45) is -4.89. The molecule has 0 spiro atoms. The third kappa shape index (κ3) is 3.34. The zero-order chi connectivity index (χ0) is 15.0. The van der Waals surface area contributed by atoms with Crippen molar-refractivity contribution in [2.45, 2.75) is 18.6 Å². The molecule has 0 radical (unpaired) electrons. The third-order valence-electron chi connectivity index (χ3n) is 2.34. The Kier molecular flexibility index (Phi) is 4.77. The maximum atomic E-state index is 12.6. The molecular formula is C10H8BrCl2F3N2O. The van der Waals surface area contributed by atoms with Crippen LogP contribution in [0.15, 0.2) is 16.6 Å². The highest BCUT2D eigenvalue weighted by atomic mass is 79.9. The highest BCUT2D eigenvalue weighted by Gasteiger charge is 2.54. The Bertz CT molecular complexity index is 520. The van der Waals surface area contributed by atoms with Crippen LogP contribution in [0, 0.1) is 0 Å². The fourth-order valence-corrected chi connectivity index (χ4v) is 1.82. The topological polar surface area (TPSA) is 55.1 Å². The minimum Gasteiger partial charge on any atom is -0.323 e. The molecular weight excluding hydrogens is 372 g/mol. The van der Waals surface area contributed by atoms with Gasteiger partial charge in [-0.05, 0) is 35.0 Å². The lowest BCUT2D eigenvalue weighted by atomic mass is 10.0. The van der Waals surface area contributed by atoms with Gasteiger partial charge in [-0.25, -0.2) is 0 Å². The first-order chi connectivity index (χ1) is 8.48. The Hall–Kier alpha value is -0.500. The van der Waals surface area contributed by atoms with Crippen molar-refractivity contribution in [2.24, 2.45) is 5.73 Å². The number of carbonyl (C=O) groups is 1. The Morgan fingerprint density at radius 1 is 1.32 bits per heavy atom. The van der Waals surface area contributed by atoms with Crippen LogP contribution in [0.4, 0.5) is 18.9 Å². The highest BCUT2D eigenvalue weighted by molar-refractivity contribution is 9.10. The monoisotopic (exact) mass is 378 g/mol. The molecule has 1 unspecified atom stereocenters. The molecule has 9 heteroatoms. The van der Waals surface area contributed by atoms with Crippen LogP contribution in [-0.4, -0.2) is 17.6 Å². The van der Waals surface area contributed by atoms with Gasteiger partial charge < -0.3 is 11.1 Å². The molecule has 0 saturated heterocycles. The molecule has 0 aliphatic rings. The van der Waals surface area contributed by atoms with Gasteiger partial charge in [0.15, 0.2) is 5.54 Å². The lowest BCUT2D eigenvalue weighted by Crippen LogP contribution is -2.59. The zero-order valence-electron chi connectivity index (χ0n) is 9.41. The molecule has 3 N–H and O–H groups in total. The fourth-order valence-electron chi connectivity index (χ4n) is 1.00. The van der Waals surface area contributed by atoms with Crippen LogP contribution in [0.1, 0.15) is 6.92 Å². The van der Waals surface area contributed by atoms with Crippen molar-refractivity contribution in [3.05, 3.63) is 26.7 Å². The second kappa shape index (κ2) is 5.47. The fraction of sp³-hybridized carbons (Fsp3) is 0.300. The van der Waals surface area contributed by atoms with E-state index >= 15 is 0 Å². The van der Waals surface area contributed by atoms with E-state index in [1.807, 2.05) is 5.32 Å². The molecule has 0 aliphatic heterocycles. The van der Waals surface area contributed by atoms with Gasteiger partial charge in [0.1, 0.15) is 0 Å². The summed E-state index contributed by atoms with van der Waals surface area (Å²) in [7, 11) is 0. The maximum Gasteiger partial charge on any atom is 0.415 e. The molecule has 0 aliphatic carbocycles. The molecule has 106 valence electrons. The van der Waals surface area contributed by atoms with Gasteiger partial charge in [-0.2, -0.15) is 13.2 Å². The van der Waals surface area contributed by atoms with Crippen molar-refractivity contribution >= 4 is 50.7 Å². The summed E-state index contributed by atoms with van der Waals surface area (Å²) in [5, 5.41) is 2.00. The molecule has 1 atom stereocenters. The Morgan fingerprint density at radius 3 is 2.32 bits per heavy atom. The third-order valence-corrected chi connectivity index (χ3v) is 4.11. The highest BCUT2D eigenvalue weighted by Crippen LogP contribution is 2.37. The number of anilines is 1. The molecule has 0 aromatic heterocycles. The van der Waals surface area contributed by atoms with E-state index in [4.69, 9.17) is 28.9 Å². The normalized spacial score (nSPS) is 14.9. The quantitative estimate of drug-likeness (QED) is 0.764. The van der Waals surface area contributed by atoms with Gasteiger partial charge in [0, 0.05) is 4.47 Å². The van der Waals surface area contributed by atoms with E-state index in [1.165, 1.54) is 12.1 Å². The summed E-state index contributed by atoms with van der Waals surface area (Å²) in [5.41, 5.74) is 1.89. The SMILES string of the molecule is CC(N)(C(=O)Nc1ccc(Br)c(Cl)c1Cl)C(F)(F)F. The van der Waals surface area contributed by atoms with Crippen LogP contribution < -0.4 is 11.1 Å². The Balaban J connectivity index is 3.05. The van der Waals surface area contributed by atoms with Gasteiger partial charge in [-0.3, -0.25) is 4.79 Å². The minimum absolute atomic E-state index is 0.0548. The summed E-state index contributed by atoms with van der Waals surface area (Å²) in [5.74, 6) is -1.43. The van der Waals surface area contributed by atoms with Crippen LogP contribution in [0.3, 0.4) is 0 Å². The van der Waals surface area contributed by atoms with Crippen molar-refractivity contribution in [2.75, 3.05) is 5.32 Å². The molecule has 0 fully saturated rings. The maximum absolute atomic E-state index is 12.6. The molecule has 0 bridgehead atoms. The van der Waals surface area contributed by atoms with Gasteiger partial charge in [-0.15, -0.1) is 0 Å². The lowest BCUT2D eigenvalue weighted by molar-refractivity contribution is -0.184. The first kappa shape index (κ1) is 16.6. The number of benzene rings is 1. The van der Waals surface area contributed by atoms with E-state index in [-0.39, 0.29) is 15.7 Å². The summed E-state index contributed by atoms with van der Waals surface area (Å²) in [4.78, 5) is 11.6. The van der Waals surface area contributed by atoms with Crippen LogP contribution >= 0.6 is 39.1 Å². The van der Waals surface area contributed by atoms with Crippen molar-refractivity contribution < 1.29 is 18.0 Å². The average Bonchev–Trinajstić information content (AvgIpc) is 2.28. The molecule has 1 rings (SSSR count). The number of halogens is 6. The molecule has 1 aromatic carbocycles. The van der Waals surface area contributed by atoms with Gasteiger partial charge in [0.2, 0.25) is 0 Å². The number of hydrogen-bond donors (Lipinski definition) is 2. The molecule has 3 nitrogen and oxygen atoms in total. The number of rotatable bonds is 2. The van der Waals surface area contributed by atoms with E-state index in [1.54, 1.807) is 0 Å². The largest absolute Gasteiger partial charge is 0.415 e. The van der Waals surface area contributed by atoms with E-state index in [0.29, 0.717) is 11.4 Å². The zero-order valence-corrected chi connectivity index (χ0v) is 12.5. The molecule has 1 aromatic rings. The van der Waals surface area contributed by atoms with Gasteiger partial charge in [0.25, 0.3) is 5.91 Å². The van der Waals surface area contributed by atoms with Crippen LogP contribution in [0.5, 0.6) is 0 Å². The van der Waals surface area contributed by atoms with E-state index in [0.717, 1.165) is 0 Å². The second-order valence-corrected chi connectivity index (χ2v) is 5.49. The molecule has 1 amide bonds. The van der Waals surface area contributed by atoms with E-state index in [2.05, 4.69) is 15.9 Å². The smallest absolute Gasteiger partial charge is 0.323 e. The van der Waals surface area contributed by atoms with Crippen molar-refractivity contribution in [3.63, 3.8) is 0 Å². The van der Waals surface area contributed by atoms with Crippen LogP contribution in [0.2, 0.25) is 10.0 Å². The lowest BCUT2D eigenvalue weighted by Gasteiger charge is -2.26. The van der Waals surface area contributed by atoms with E-state index in [9.17, 15) is 18.0 Å². The van der Waals surface area contributed by atoms with Gasteiger partial charge >= 0.3 is 6.18 Å². The van der Waals surface area contributed by atoms with Crippen LogP contribution in [0.25, 0.3) is 0 Å². The standard InChI is InChI=1S/C10H8BrCl2F3N2O/c1-9(17,10(14,15)16)8(19)18-5-3-2-4(11)6(12)7(5)13/h2-3H,17H2,1H3,(H,18,19). The predicted octanol–water partition coefficient (Wildman–Crippen LogP) is 3.97. The van der Waals surface area contributed by atoms with Crippen molar-refractivity contribution in [1.82, 2.24) is 0 Å². The van der Waals surface area contributed by atoms with E-state index < -0.39 is 17.6 Å². The summed E-state index contributed by atoms with van der Waals surface area (Å²) >= 11 is 14.7. The number of nitrogens with two attached hydrogens (primary N) is 1. The average molecular weight is 380 g/mol. The molecule has 19 heavy (non-hydrogen) atoms. The Labute approximate surface area is 125 Å². The predicted molar refractivity (Wildman–Crippen MR) is 71.4 cm³/mol. The Morgan fingerprint density at radius 2 is 1.84 bits per heavy atom. The summed E-state index contributed by atoms with van der Waals surface area (Å²) in [6, 6.07) is 2.74. The van der Waals surface area contributed by atoms with Crippen molar-refractivity contribution in [1.29, 1.82) is 0 Å². The number of alkyl halides is 3. The van der Waals surface area contributed by atoms with Crippen LogP contribution in [-0.2, 0) is 4.79 Å². The second-order valence-electron chi connectivity index (χ2n) is 3.88. The van der Waals surface area contributed by atoms with Crippen molar-refractivity contribution in [3.8, 4) is 0 Å². The number of carbonyl (C=O) groups excluding carboxylic acids is 1. The number of amides is 1. The first-order valence-electron chi connectivity index (χ1n) is 4.79. The number of nitrogens with one attached hydrogen (secondary N) is 1. The number of hydrogen-bond acceptors (Lipinski definition) is 2. The van der Waals surface area contributed by atoms with Gasteiger partial charge in [-0.1, -0.05) is 23.2 Å². The summed E-state index contributed by atoms with van der Waals surface area (Å²) < 4.78 is 38.2. The van der Waals surface area contributed by atoms with Gasteiger partial charge in [0.05, 0.1) is 15.7 Å². The first-order valence-corrected chi connectivity index (χ1v) is 6.34. The molecule has 0 heterocycles. The minimum atomic E-state index is -4.89.